The predicted octanol–water partition coefficient (Wildman–Crippen LogP) is 5.81. The lowest BCUT2D eigenvalue weighted by atomic mass is 10.1. The Balaban J connectivity index is 2.29. The third kappa shape index (κ3) is 11.4. The van der Waals surface area contributed by atoms with Gasteiger partial charge in [0.15, 0.2) is 0 Å². The Kier molecular flexibility index (Phi) is 14.0. The highest BCUT2D eigenvalue weighted by atomic mass is 15.7. The van der Waals surface area contributed by atoms with Gasteiger partial charge in [-0.2, -0.15) is 0 Å². The lowest BCUT2D eigenvalue weighted by Gasteiger charge is -2.26. The van der Waals surface area contributed by atoms with Crippen molar-refractivity contribution < 1.29 is 0 Å². The van der Waals surface area contributed by atoms with Gasteiger partial charge in [-0.25, -0.2) is 16.0 Å². The molecule has 4 heteroatoms. The summed E-state index contributed by atoms with van der Waals surface area (Å²) in [7, 11) is 0. The van der Waals surface area contributed by atoms with E-state index in [0.717, 1.165) is 24.5 Å². The fraction of sp³-hybridized carbons (Fsp3) is 0.727. The summed E-state index contributed by atoms with van der Waals surface area (Å²) in [6.07, 6.45) is 15.8. The molecule has 0 radical (unpaired) electrons. The molecular weight excluding hydrogens is 320 g/mol. The molecule has 1 aromatic rings. The fourth-order valence-electron chi connectivity index (χ4n) is 3.05. The van der Waals surface area contributed by atoms with Gasteiger partial charge in [-0.05, 0) is 37.1 Å². The first-order valence-corrected chi connectivity index (χ1v) is 10.9. The van der Waals surface area contributed by atoms with Crippen LogP contribution >= 0.6 is 0 Å². The predicted molar refractivity (Wildman–Crippen MR) is 116 cm³/mol. The smallest absolute Gasteiger partial charge is 0.0703 e. The van der Waals surface area contributed by atoms with Crippen LogP contribution in [-0.4, -0.2) is 13.1 Å². The van der Waals surface area contributed by atoms with E-state index in [1.807, 2.05) is 12.1 Å². The monoisotopic (exact) mass is 362 g/mol. The van der Waals surface area contributed by atoms with Gasteiger partial charge in [0.05, 0.1) is 5.69 Å². The van der Waals surface area contributed by atoms with Gasteiger partial charge in [-0.3, -0.25) is 0 Å². The van der Waals surface area contributed by atoms with Gasteiger partial charge in [-0.15, -0.1) is 0 Å². The zero-order valence-corrected chi connectivity index (χ0v) is 17.2. The maximum Gasteiger partial charge on any atom is 0.0703 e. The van der Waals surface area contributed by atoms with Crippen LogP contribution in [0.1, 0.15) is 90.9 Å². The highest BCUT2D eigenvalue weighted by molar-refractivity contribution is 5.51. The molecule has 0 aromatic heterocycles. The van der Waals surface area contributed by atoms with Crippen LogP contribution in [0.4, 0.5) is 11.4 Å². The van der Waals surface area contributed by atoms with Gasteiger partial charge in [0.1, 0.15) is 0 Å². The Morgan fingerprint density at radius 1 is 0.654 bits per heavy atom. The minimum absolute atomic E-state index is 0.806. The standard InChI is InChI=1S/C22H42N4/c1-3-5-7-9-11-13-19-24-26(22-17-15-21(23)16-18-22)25-20-14-12-10-8-6-4-2/h15-18,24-25H,3-14,19-20,23H2,1-2H3. The molecule has 1 rings (SSSR count). The first-order valence-electron chi connectivity index (χ1n) is 10.9. The summed E-state index contributed by atoms with van der Waals surface area (Å²) in [6.45, 7) is 6.53. The van der Waals surface area contributed by atoms with Crippen LogP contribution in [-0.2, 0) is 0 Å². The van der Waals surface area contributed by atoms with Crippen LogP contribution in [0.25, 0.3) is 0 Å². The van der Waals surface area contributed by atoms with Crippen LogP contribution in [0.2, 0.25) is 0 Å². The second kappa shape index (κ2) is 16.0. The maximum atomic E-state index is 5.83. The fourth-order valence-corrected chi connectivity index (χ4v) is 3.05. The van der Waals surface area contributed by atoms with Crippen LogP contribution in [0.5, 0.6) is 0 Å². The topological polar surface area (TPSA) is 53.3 Å². The number of hydrogen-bond acceptors (Lipinski definition) is 4. The summed E-state index contributed by atoms with van der Waals surface area (Å²) >= 11 is 0. The summed E-state index contributed by atoms with van der Waals surface area (Å²) in [4.78, 5) is 0. The van der Waals surface area contributed by atoms with E-state index in [4.69, 9.17) is 5.73 Å². The van der Waals surface area contributed by atoms with Crippen molar-refractivity contribution in [3.8, 4) is 0 Å². The molecule has 4 nitrogen and oxygen atoms in total. The van der Waals surface area contributed by atoms with Crippen molar-refractivity contribution in [2.45, 2.75) is 90.9 Å². The first-order chi connectivity index (χ1) is 12.8. The molecule has 0 bridgehead atoms. The van der Waals surface area contributed by atoms with E-state index in [-0.39, 0.29) is 0 Å². The molecule has 0 aliphatic carbocycles. The van der Waals surface area contributed by atoms with Gasteiger partial charge >= 0.3 is 0 Å². The molecule has 26 heavy (non-hydrogen) atoms. The zero-order chi connectivity index (χ0) is 18.9. The van der Waals surface area contributed by atoms with Crippen molar-refractivity contribution in [2.75, 3.05) is 23.9 Å². The molecule has 0 saturated carbocycles. The molecule has 0 atom stereocenters. The van der Waals surface area contributed by atoms with Crippen molar-refractivity contribution in [2.24, 2.45) is 0 Å². The molecule has 4 N–H and O–H groups in total. The highest BCUT2D eigenvalue weighted by Crippen LogP contribution is 2.14. The summed E-state index contributed by atoms with van der Waals surface area (Å²) in [6, 6.07) is 8.05. The van der Waals surface area contributed by atoms with Crippen molar-refractivity contribution in [3.05, 3.63) is 24.3 Å². The van der Waals surface area contributed by atoms with Crippen LogP contribution < -0.4 is 21.7 Å². The van der Waals surface area contributed by atoms with Gasteiger partial charge in [0, 0.05) is 18.8 Å². The number of nitrogens with zero attached hydrogens (tertiary/aromatic N) is 1. The third-order valence-corrected chi connectivity index (χ3v) is 4.75. The van der Waals surface area contributed by atoms with Crippen LogP contribution in [0, 0.1) is 0 Å². The minimum Gasteiger partial charge on any atom is -0.399 e. The molecular formula is C22H42N4. The minimum atomic E-state index is 0.806. The lowest BCUT2D eigenvalue weighted by Crippen LogP contribution is -2.49. The third-order valence-electron chi connectivity index (χ3n) is 4.75. The Morgan fingerprint density at radius 2 is 1.08 bits per heavy atom. The first kappa shape index (κ1) is 22.8. The molecule has 0 aliphatic rings. The Morgan fingerprint density at radius 3 is 1.54 bits per heavy atom. The Bertz CT molecular complexity index is 401. The number of nitrogen functional groups attached to an aromatic ring is 1. The number of unbranched alkanes of at least 4 members (excludes halogenated alkanes) is 10. The van der Waals surface area contributed by atoms with Gasteiger partial charge in [-0.1, -0.05) is 78.1 Å². The van der Waals surface area contributed by atoms with E-state index in [1.165, 1.54) is 77.0 Å². The van der Waals surface area contributed by atoms with Gasteiger partial charge in [0.2, 0.25) is 0 Å². The van der Waals surface area contributed by atoms with E-state index in [9.17, 15) is 0 Å². The largest absolute Gasteiger partial charge is 0.399 e. The molecule has 1 aromatic carbocycles. The normalized spacial score (nSPS) is 11.0. The van der Waals surface area contributed by atoms with Gasteiger partial charge < -0.3 is 5.73 Å². The number of nitrogens with one attached hydrogen (secondary N) is 2. The number of hydrogen-bond donors (Lipinski definition) is 3. The van der Waals surface area contributed by atoms with E-state index in [0.29, 0.717) is 0 Å². The molecule has 0 amide bonds. The summed E-state index contributed by atoms with van der Waals surface area (Å²) in [5.41, 5.74) is 14.8. The average Bonchev–Trinajstić information content (AvgIpc) is 2.65. The van der Waals surface area contributed by atoms with E-state index >= 15 is 0 Å². The average molecular weight is 363 g/mol. The molecule has 0 aliphatic heterocycles. The summed E-state index contributed by atoms with van der Waals surface area (Å²) < 4.78 is 0. The zero-order valence-electron chi connectivity index (χ0n) is 17.2. The SMILES string of the molecule is CCCCCCCCNN(NCCCCCCCC)c1ccc(N)cc1. The van der Waals surface area contributed by atoms with Crippen molar-refractivity contribution in [3.63, 3.8) is 0 Å². The quantitative estimate of drug-likeness (QED) is 0.186. The molecule has 0 fully saturated rings. The van der Waals surface area contributed by atoms with Crippen molar-refractivity contribution in [1.82, 2.24) is 10.9 Å². The van der Waals surface area contributed by atoms with Gasteiger partial charge in [0.25, 0.3) is 0 Å². The molecule has 150 valence electrons. The molecule has 0 spiro atoms. The molecule has 0 saturated heterocycles. The lowest BCUT2D eigenvalue weighted by molar-refractivity contribution is 0.483. The number of rotatable bonds is 17. The number of benzene rings is 1. The summed E-state index contributed by atoms with van der Waals surface area (Å²) in [5, 5.41) is 2.08. The van der Waals surface area contributed by atoms with Crippen molar-refractivity contribution >= 4 is 11.4 Å². The molecule has 0 heterocycles. The number of anilines is 2. The van der Waals surface area contributed by atoms with E-state index in [2.05, 4.69) is 41.9 Å². The van der Waals surface area contributed by atoms with E-state index < -0.39 is 0 Å². The summed E-state index contributed by atoms with van der Waals surface area (Å²) in [5.74, 6) is 0. The number of hydrazine groups is 2. The van der Waals surface area contributed by atoms with E-state index in [1.54, 1.807) is 0 Å². The van der Waals surface area contributed by atoms with Crippen LogP contribution in [0.3, 0.4) is 0 Å². The maximum absolute atomic E-state index is 5.83. The number of nitrogens with two attached hydrogens (primary N) is 1. The Labute approximate surface area is 161 Å². The molecule has 0 unspecified atom stereocenters. The highest BCUT2D eigenvalue weighted by Gasteiger charge is 2.05. The van der Waals surface area contributed by atoms with Crippen LogP contribution in [0.15, 0.2) is 24.3 Å². The second-order valence-electron chi connectivity index (χ2n) is 7.28. The second-order valence-corrected chi connectivity index (χ2v) is 7.28. The van der Waals surface area contributed by atoms with Crippen molar-refractivity contribution in [1.29, 1.82) is 0 Å². The Hall–Kier alpha value is -1.26.